The Bertz CT molecular complexity index is 830. The Morgan fingerprint density at radius 1 is 1.04 bits per heavy atom. The molecule has 3 atom stereocenters. The number of aliphatic hydroxyl groups is 1. The first-order valence-electron chi connectivity index (χ1n) is 9.58. The van der Waals surface area contributed by atoms with Crippen LogP contribution in [0.2, 0.25) is 0 Å². The van der Waals surface area contributed by atoms with Crippen LogP contribution >= 0.6 is 0 Å². The highest BCUT2D eigenvalue weighted by molar-refractivity contribution is 6.00. The molecule has 1 aliphatic rings. The van der Waals surface area contributed by atoms with E-state index in [1.807, 2.05) is 57.2 Å². The predicted octanol–water partition coefficient (Wildman–Crippen LogP) is 2.95. The lowest BCUT2D eigenvalue weighted by Gasteiger charge is -2.39. The maximum Gasteiger partial charge on any atom is 0.256 e. The van der Waals surface area contributed by atoms with Gasteiger partial charge in [-0.2, -0.15) is 0 Å². The van der Waals surface area contributed by atoms with Gasteiger partial charge < -0.3 is 14.9 Å². The van der Waals surface area contributed by atoms with Gasteiger partial charge in [0, 0.05) is 24.4 Å². The third-order valence-electron chi connectivity index (χ3n) is 5.21. The topological polar surface area (TPSA) is 60.9 Å². The van der Waals surface area contributed by atoms with Gasteiger partial charge in [0.1, 0.15) is 12.2 Å². The van der Waals surface area contributed by atoms with Crippen LogP contribution in [0, 0.1) is 5.41 Å². The number of carbonyl (C=O) groups excluding carboxylic acids is 2. The zero-order valence-electron chi connectivity index (χ0n) is 16.9. The Hall–Kier alpha value is -2.66. The van der Waals surface area contributed by atoms with E-state index in [0.29, 0.717) is 12.0 Å². The van der Waals surface area contributed by atoms with Gasteiger partial charge in [-0.05, 0) is 17.7 Å². The number of aliphatic hydroxyl groups excluding tert-OH is 1. The van der Waals surface area contributed by atoms with E-state index < -0.39 is 18.3 Å². The van der Waals surface area contributed by atoms with Crippen molar-refractivity contribution in [2.45, 2.75) is 45.5 Å². The zero-order chi connectivity index (χ0) is 20.5. The highest BCUT2D eigenvalue weighted by Gasteiger charge is 2.53. The number of carbonyl (C=O) groups is 2. The average molecular weight is 380 g/mol. The Morgan fingerprint density at radius 3 is 2.11 bits per heavy atom. The van der Waals surface area contributed by atoms with Gasteiger partial charge in [-0.3, -0.25) is 9.59 Å². The molecule has 0 spiro atoms. The molecular formula is C23H28N2O3. The second-order valence-electron chi connectivity index (χ2n) is 8.47. The van der Waals surface area contributed by atoms with Crippen molar-refractivity contribution in [3.63, 3.8) is 0 Å². The minimum absolute atomic E-state index is 0.229. The van der Waals surface area contributed by atoms with Crippen molar-refractivity contribution in [2.24, 2.45) is 5.41 Å². The lowest BCUT2D eigenvalue weighted by atomic mass is 9.90. The third-order valence-corrected chi connectivity index (χ3v) is 5.21. The molecule has 28 heavy (non-hydrogen) atoms. The molecule has 2 aromatic carbocycles. The SMILES string of the molecule is CN1C(=O)[C@H]([C@H](O)Cc2ccccc2)N(C(=O)c2ccccc2)[C@H]1C(C)(C)C. The van der Waals surface area contributed by atoms with Gasteiger partial charge in [-0.15, -0.1) is 0 Å². The molecule has 2 amide bonds. The van der Waals surface area contributed by atoms with Gasteiger partial charge in [0.05, 0.1) is 6.10 Å². The number of benzene rings is 2. The van der Waals surface area contributed by atoms with Crippen LogP contribution in [-0.4, -0.2) is 52.1 Å². The summed E-state index contributed by atoms with van der Waals surface area (Å²) in [7, 11) is 1.71. The Labute approximate surface area is 166 Å². The zero-order valence-corrected chi connectivity index (χ0v) is 16.9. The molecule has 3 rings (SSSR count). The van der Waals surface area contributed by atoms with Crippen LogP contribution < -0.4 is 0 Å². The average Bonchev–Trinajstić information content (AvgIpc) is 2.94. The summed E-state index contributed by atoms with van der Waals surface area (Å²) in [4.78, 5) is 29.7. The molecule has 0 aromatic heterocycles. The lowest BCUT2D eigenvalue weighted by Crippen LogP contribution is -2.53. The minimum Gasteiger partial charge on any atom is -0.390 e. The van der Waals surface area contributed by atoms with Crippen LogP contribution in [0.5, 0.6) is 0 Å². The van der Waals surface area contributed by atoms with E-state index in [0.717, 1.165) is 5.56 Å². The molecule has 5 heteroatoms. The van der Waals surface area contributed by atoms with Crippen LogP contribution in [0.25, 0.3) is 0 Å². The highest BCUT2D eigenvalue weighted by atomic mass is 16.3. The summed E-state index contributed by atoms with van der Waals surface area (Å²) in [6.45, 7) is 6.00. The van der Waals surface area contributed by atoms with E-state index in [2.05, 4.69) is 0 Å². The smallest absolute Gasteiger partial charge is 0.256 e. The largest absolute Gasteiger partial charge is 0.390 e. The number of likely N-dealkylation sites (N-methyl/N-ethyl adjacent to an activating group) is 1. The quantitative estimate of drug-likeness (QED) is 0.887. The van der Waals surface area contributed by atoms with Crippen molar-refractivity contribution in [1.29, 1.82) is 0 Å². The monoisotopic (exact) mass is 380 g/mol. The summed E-state index contributed by atoms with van der Waals surface area (Å²) < 4.78 is 0. The normalized spacial score (nSPS) is 21.1. The molecule has 0 radical (unpaired) electrons. The summed E-state index contributed by atoms with van der Waals surface area (Å²) in [6.07, 6.45) is -1.12. The van der Waals surface area contributed by atoms with Crippen molar-refractivity contribution in [2.75, 3.05) is 7.05 Å². The van der Waals surface area contributed by atoms with Crippen LogP contribution in [0.1, 0.15) is 36.7 Å². The van der Waals surface area contributed by atoms with Gasteiger partial charge in [0.15, 0.2) is 0 Å². The van der Waals surface area contributed by atoms with Crippen LogP contribution in [-0.2, 0) is 11.2 Å². The second kappa shape index (κ2) is 7.76. The van der Waals surface area contributed by atoms with Crippen molar-refractivity contribution in [3.05, 3.63) is 71.8 Å². The third kappa shape index (κ3) is 3.80. The van der Waals surface area contributed by atoms with Gasteiger partial charge in [0.25, 0.3) is 5.91 Å². The van der Waals surface area contributed by atoms with Gasteiger partial charge in [0.2, 0.25) is 5.91 Å². The fourth-order valence-corrected chi connectivity index (χ4v) is 4.07. The first-order chi connectivity index (χ1) is 13.2. The van der Waals surface area contributed by atoms with E-state index in [1.165, 1.54) is 0 Å². The Morgan fingerprint density at radius 2 is 1.57 bits per heavy atom. The molecule has 5 nitrogen and oxygen atoms in total. The summed E-state index contributed by atoms with van der Waals surface area (Å²) >= 11 is 0. The summed E-state index contributed by atoms with van der Waals surface area (Å²) in [5, 5.41) is 11.0. The molecule has 1 saturated heterocycles. The van der Waals surface area contributed by atoms with Crippen LogP contribution in [0.4, 0.5) is 0 Å². The van der Waals surface area contributed by atoms with Crippen molar-refractivity contribution in [1.82, 2.24) is 9.80 Å². The maximum atomic E-state index is 13.4. The van der Waals surface area contributed by atoms with E-state index in [1.54, 1.807) is 41.1 Å². The second-order valence-corrected chi connectivity index (χ2v) is 8.47. The van der Waals surface area contributed by atoms with Crippen molar-refractivity contribution in [3.8, 4) is 0 Å². The number of amides is 2. The first-order valence-corrected chi connectivity index (χ1v) is 9.58. The molecule has 1 aliphatic heterocycles. The van der Waals surface area contributed by atoms with Crippen LogP contribution in [0.15, 0.2) is 60.7 Å². The fourth-order valence-electron chi connectivity index (χ4n) is 4.07. The standard InChI is InChI=1S/C23H28N2O3/c1-23(2,3)22-24(4)21(28)19(18(26)15-16-11-7-5-8-12-16)25(22)20(27)17-13-9-6-10-14-17/h5-14,18-19,22,26H,15H2,1-4H3/t18-,19+,22+/m1/s1. The molecule has 1 N–H and O–H groups in total. The summed E-state index contributed by atoms with van der Waals surface area (Å²) in [5.74, 6) is -0.469. The number of hydrogen-bond acceptors (Lipinski definition) is 3. The predicted molar refractivity (Wildman–Crippen MR) is 109 cm³/mol. The number of nitrogens with zero attached hydrogens (tertiary/aromatic N) is 2. The molecule has 0 unspecified atom stereocenters. The Balaban J connectivity index is 2.00. The van der Waals surface area contributed by atoms with Crippen molar-refractivity contribution < 1.29 is 14.7 Å². The Kier molecular flexibility index (Phi) is 5.57. The number of hydrogen-bond donors (Lipinski definition) is 1. The van der Waals surface area contributed by atoms with E-state index in [-0.39, 0.29) is 17.2 Å². The molecule has 0 aliphatic carbocycles. The van der Waals surface area contributed by atoms with Gasteiger partial charge in [-0.1, -0.05) is 69.3 Å². The van der Waals surface area contributed by atoms with E-state index in [4.69, 9.17) is 0 Å². The molecular weight excluding hydrogens is 352 g/mol. The lowest BCUT2D eigenvalue weighted by molar-refractivity contribution is -0.131. The van der Waals surface area contributed by atoms with E-state index >= 15 is 0 Å². The molecule has 148 valence electrons. The summed E-state index contributed by atoms with van der Waals surface area (Å²) in [6, 6.07) is 17.6. The maximum absolute atomic E-state index is 13.4. The highest BCUT2D eigenvalue weighted by Crippen LogP contribution is 2.36. The molecule has 2 aromatic rings. The first kappa shape index (κ1) is 20.1. The number of rotatable bonds is 4. The fraction of sp³-hybridized carbons (Fsp3) is 0.391. The molecule has 1 heterocycles. The van der Waals surface area contributed by atoms with Crippen molar-refractivity contribution >= 4 is 11.8 Å². The minimum atomic E-state index is -0.989. The molecule has 0 saturated carbocycles. The van der Waals surface area contributed by atoms with E-state index in [9.17, 15) is 14.7 Å². The molecule has 1 fully saturated rings. The van der Waals surface area contributed by atoms with Crippen LogP contribution in [0.3, 0.4) is 0 Å². The van der Waals surface area contributed by atoms with Gasteiger partial charge >= 0.3 is 0 Å². The van der Waals surface area contributed by atoms with Gasteiger partial charge in [-0.25, -0.2) is 0 Å². The molecule has 0 bridgehead atoms. The summed E-state index contributed by atoms with van der Waals surface area (Å²) in [5.41, 5.74) is 1.07.